The minimum Gasteiger partial charge on any atom is -0.462 e. The van der Waals surface area contributed by atoms with Gasteiger partial charge in [0.1, 0.15) is 6.10 Å². The largest absolute Gasteiger partial charge is 0.462 e. The number of carbonyl (C=O) groups excluding carboxylic acids is 1. The third-order valence-electron chi connectivity index (χ3n) is 13.4. The molecule has 0 amide bonds. The lowest BCUT2D eigenvalue weighted by Gasteiger charge is -2.72. The fourth-order valence-corrected chi connectivity index (χ4v) is 11.4. The third-order valence-corrected chi connectivity index (χ3v) is 13.4. The van der Waals surface area contributed by atoms with E-state index in [-0.39, 0.29) is 22.9 Å². The standard InChI is InChI=1S/C33H52O2/c1-10-33-18-13-23(21(2)3)28(33)24-11-12-26-30(7)16-15-27(35-22(4)34)29(5,6)25(30)14-17-32(26,9)31(24,8)19-20-33/h10,21,24-27H,1,11-20H2,2-9H3. The predicted octanol–water partition coefficient (Wildman–Crippen LogP) is 8.91. The van der Waals surface area contributed by atoms with Gasteiger partial charge in [0.25, 0.3) is 0 Å². The third kappa shape index (κ3) is 3.22. The SMILES string of the molecule is C=CC12CCC(C(C)C)=C1C1CCC3C4(C)CCC(OC(C)=O)C(C)(C)C4CCC3(C)C1(C)CC2. The molecule has 0 saturated heterocycles. The van der Waals surface area contributed by atoms with Crippen LogP contribution < -0.4 is 0 Å². The van der Waals surface area contributed by atoms with E-state index in [1.807, 2.05) is 5.57 Å². The Kier molecular flexibility index (Phi) is 5.83. The first-order valence-electron chi connectivity index (χ1n) is 14.8. The summed E-state index contributed by atoms with van der Waals surface area (Å²) in [6, 6.07) is 0. The second-order valence-corrected chi connectivity index (χ2v) is 15.0. The average Bonchev–Trinajstić information content (AvgIpc) is 3.16. The molecule has 5 rings (SSSR count). The highest BCUT2D eigenvalue weighted by Gasteiger charge is 2.69. The molecule has 0 aromatic heterocycles. The fraction of sp³-hybridized carbons (Fsp3) is 0.848. The molecule has 196 valence electrons. The Hall–Kier alpha value is -1.05. The highest BCUT2D eigenvalue weighted by molar-refractivity contribution is 5.66. The van der Waals surface area contributed by atoms with Gasteiger partial charge in [-0.05, 0) is 104 Å². The monoisotopic (exact) mass is 480 g/mol. The van der Waals surface area contributed by atoms with Crippen molar-refractivity contribution in [2.75, 3.05) is 0 Å². The highest BCUT2D eigenvalue weighted by atomic mass is 16.5. The first kappa shape index (κ1) is 25.6. The Labute approximate surface area is 215 Å². The Morgan fingerprint density at radius 2 is 1.63 bits per heavy atom. The summed E-state index contributed by atoms with van der Waals surface area (Å²) in [7, 11) is 0. The molecule has 0 aromatic carbocycles. The molecule has 2 heteroatoms. The summed E-state index contributed by atoms with van der Waals surface area (Å²) in [5, 5.41) is 0. The van der Waals surface area contributed by atoms with Gasteiger partial charge in [-0.15, -0.1) is 6.58 Å². The van der Waals surface area contributed by atoms with Crippen LogP contribution in [-0.2, 0) is 9.53 Å². The summed E-state index contributed by atoms with van der Waals surface area (Å²) < 4.78 is 5.92. The minimum atomic E-state index is -0.112. The zero-order valence-corrected chi connectivity index (χ0v) is 24.1. The molecule has 2 nitrogen and oxygen atoms in total. The van der Waals surface area contributed by atoms with Crippen molar-refractivity contribution in [3.8, 4) is 0 Å². The van der Waals surface area contributed by atoms with Crippen LogP contribution >= 0.6 is 0 Å². The normalized spacial score (nSPS) is 48.5. The van der Waals surface area contributed by atoms with E-state index in [1.165, 1.54) is 57.8 Å². The molecule has 5 aliphatic rings. The molecule has 0 aliphatic heterocycles. The van der Waals surface area contributed by atoms with E-state index in [1.54, 1.807) is 12.5 Å². The lowest BCUT2D eigenvalue weighted by atomic mass is 9.33. The molecular weight excluding hydrogens is 428 g/mol. The number of allylic oxidation sites excluding steroid dienone is 3. The van der Waals surface area contributed by atoms with Gasteiger partial charge < -0.3 is 4.74 Å². The molecule has 8 unspecified atom stereocenters. The van der Waals surface area contributed by atoms with Gasteiger partial charge in [0.05, 0.1) is 0 Å². The molecule has 5 aliphatic carbocycles. The topological polar surface area (TPSA) is 26.3 Å². The van der Waals surface area contributed by atoms with Crippen LogP contribution in [0.15, 0.2) is 23.8 Å². The zero-order chi connectivity index (χ0) is 25.6. The van der Waals surface area contributed by atoms with Crippen molar-refractivity contribution >= 4 is 5.97 Å². The van der Waals surface area contributed by atoms with Crippen LogP contribution in [0.4, 0.5) is 0 Å². The Balaban J connectivity index is 1.54. The first-order chi connectivity index (χ1) is 16.3. The van der Waals surface area contributed by atoms with Gasteiger partial charge in [0.15, 0.2) is 0 Å². The van der Waals surface area contributed by atoms with Crippen molar-refractivity contribution in [1.29, 1.82) is 0 Å². The highest BCUT2D eigenvalue weighted by Crippen LogP contribution is 2.77. The Morgan fingerprint density at radius 1 is 0.914 bits per heavy atom. The van der Waals surface area contributed by atoms with Crippen molar-refractivity contribution in [2.45, 2.75) is 126 Å². The van der Waals surface area contributed by atoms with E-state index in [2.05, 4.69) is 61.1 Å². The molecule has 35 heavy (non-hydrogen) atoms. The number of ether oxygens (including phenoxy) is 1. The summed E-state index contributed by atoms with van der Waals surface area (Å²) in [6.45, 7) is 23.7. The summed E-state index contributed by atoms with van der Waals surface area (Å²) in [5.74, 6) is 2.65. The molecule has 4 saturated carbocycles. The van der Waals surface area contributed by atoms with Crippen LogP contribution in [0.25, 0.3) is 0 Å². The second kappa shape index (κ2) is 7.97. The molecule has 0 heterocycles. The first-order valence-corrected chi connectivity index (χ1v) is 14.8. The van der Waals surface area contributed by atoms with E-state index >= 15 is 0 Å². The van der Waals surface area contributed by atoms with Crippen molar-refractivity contribution < 1.29 is 9.53 Å². The summed E-state index contributed by atoms with van der Waals surface area (Å²) >= 11 is 0. The van der Waals surface area contributed by atoms with E-state index in [0.717, 1.165) is 18.3 Å². The number of rotatable bonds is 3. The van der Waals surface area contributed by atoms with E-state index in [0.29, 0.717) is 28.1 Å². The molecule has 8 atom stereocenters. The predicted molar refractivity (Wildman–Crippen MR) is 145 cm³/mol. The molecule has 0 bridgehead atoms. The van der Waals surface area contributed by atoms with Crippen LogP contribution in [0, 0.1) is 50.7 Å². The molecule has 0 N–H and O–H groups in total. The lowest BCUT2D eigenvalue weighted by Crippen LogP contribution is -2.65. The van der Waals surface area contributed by atoms with Crippen molar-refractivity contribution in [1.82, 2.24) is 0 Å². The van der Waals surface area contributed by atoms with Crippen LogP contribution in [0.1, 0.15) is 120 Å². The maximum Gasteiger partial charge on any atom is 0.302 e. The number of hydrogen-bond donors (Lipinski definition) is 0. The Morgan fingerprint density at radius 3 is 2.26 bits per heavy atom. The molecule has 0 aromatic rings. The number of esters is 1. The van der Waals surface area contributed by atoms with Crippen LogP contribution in [0.2, 0.25) is 0 Å². The maximum absolute atomic E-state index is 11.9. The second-order valence-electron chi connectivity index (χ2n) is 15.0. The van der Waals surface area contributed by atoms with Crippen molar-refractivity contribution in [2.24, 2.45) is 50.7 Å². The number of carbonyl (C=O) groups is 1. The maximum atomic E-state index is 11.9. The van der Waals surface area contributed by atoms with Gasteiger partial charge in [-0.2, -0.15) is 0 Å². The number of fused-ring (bicyclic) bond motifs is 7. The quantitative estimate of drug-likeness (QED) is 0.298. The summed E-state index contributed by atoms with van der Waals surface area (Å²) in [5.41, 5.74) is 5.02. The van der Waals surface area contributed by atoms with Crippen LogP contribution in [0.5, 0.6) is 0 Å². The van der Waals surface area contributed by atoms with Crippen molar-refractivity contribution in [3.63, 3.8) is 0 Å². The van der Waals surface area contributed by atoms with Gasteiger partial charge in [-0.1, -0.05) is 65.7 Å². The van der Waals surface area contributed by atoms with Gasteiger partial charge in [0.2, 0.25) is 0 Å². The van der Waals surface area contributed by atoms with Gasteiger partial charge in [-0.25, -0.2) is 0 Å². The van der Waals surface area contributed by atoms with Gasteiger partial charge in [-0.3, -0.25) is 4.79 Å². The smallest absolute Gasteiger partial charge is 0.302 e. The molecule has 0 spiro atoms. The van der Waals surface area contributed by atoms with E-state index in [9.17, 15) is 4.79 Å². The number of hydrogen-bond acceptors (Lipinski definition) is 2. The molecule has 4 fully saturated rings. The minimum absolute atomic E-state index is 0.0428. The van der Waals surface area contributed by atoms with Crippen molar-refractivity contribution in [3.05, 3.63) is 23.8 Å². The summed E-state index contributed by atoms with van der Waals surface area (Å²) in [4.78, 5) is 11.9. The van der Waals surface area contributed by atoms with Crippen LogP contribution in [-0.4, -0.2) is 12.1 Å². The lowest BCUT2D eigenvalue weighted by molar-refractivity contribution is -0.232. The fourth-order valence-electron chi connectivity index (χ4n) is 11.4. The van der Waals surface area contributed by atoms with E-state index < -0.39 is 0 Å². The van der Waals surface area contributed by atoms with Gasteiger partial charge in [0, 0.05) is 17.8 Å². The van der Waals surface area contributed by atoms with Gasteiger partial charge >= 0.3 is 5.97 Å². The zero-order valence-electron chi connectivity index (χ0n) is 24.1. The van der Waals surface area contributed by atoms with Crippen LogP contribution in [0.3, 0.4) is 0 Å². The molecular formula is C33H52O2. The summed E-state index contributed by atoms with van der Waals surface area (Å²) in [6.07, 6.45) is 15.2. The Bertz CT molecular complexity index is 941. The average molecular weight is 481 g/mol. The molecule has 0 radical (unpaired) electrons. The van der Waals surface area contributed by atoms with E-state index in [4.69, 9.17) is 4.74 Å².